The van der Waals surface area contributed by atoms with Gasteiger partial charge >= 0.3 is 0 Å². The Labute approximate surface area is 138 Å². The van der Waals surface area contributed by atoms with Crippen molar-refractivity contribution in [2.75, 3.05) is 0 Å². The van der Waals surface area contributed by atoms with Crippen LogP contribution in [0, 0.1) is 11.6 Å². The molecule has 1 aromatic carbocycles. The van der Waals surface area contributed by atoms with Crippen molar-refractivity contribution in [3.8, 4) is 0 Å². The van der Waals surface area contributed by atoms with Crippen LogP contribution in [-0.4, -0.2) is 15.2 Å². The number of rotatable bonds is 5. The maximum absolute atomic E-state index is 13.9. The first-order valence-electron chi connectivity index (χ1n) is 7.52. The van der Waals surface area contributed by atoms with Gasteiger partial charge in [-0.2, -0.15) is 0 Å². The third-order valence-corrected chi connectivity index (χ3v) is 4.23. The largest absolute Gasteiger partial charge is 0.301 e. The zero-order valence-corrected chi connectivity index (χ0v) is 14.4. The van der Waals surface area contributed by atoms with Gasteiger partial charge in [0.25, 0.3) is 5.56 Å². The maximum Gasteiger partial charge on any atom is 0.255 e. The molecule has 1 aromatic heterocycles. The second-order valence-electron chi connectivity index (χ2n) is 5.93. The minimum atomic E-state index is -0.625. The highest BCUT2D eigenvalue weighted by molar-refractivity contribution is 7.99. The molecule has 2 aromatic rings. The fourth-order valence-electron chi connectivity index (χ4n) is 2.38. The Bertz CT molecular complexity index is 736. The van der Waals surface area contributed by atoms with Gasteiger partial charge in [-0.3, -0.25) is 4.79 Å². The van der Waals surface area contributed by atoms with Crippen LogP contribution in [0.4, 0.5) is 8.78 Å². The van der Waals surface area contributed by atoms with Crippen molar-refractivity contribution in [1.29, 1.82) is 0 Å². The SMILES string of the molecule is CC(C)Sc1nc(Cc2c(F)cccc2F)c(C(C)C)c(=O)[nH]1. The Morgan fingerprint density at radius 1 is 1.17 bits per heavy atom. The molecule has 2 rings (SSSR count). The molecular formula is C17H20F2N2OS. The molecule has 0 amide bonds. The molecule has 6 heteroatoms. The number of halogens is 2. The van der Waals surface area contributed by atoms with Crippen molar-refractivity contribution < 1.29 is 8.78 Å². The van der Waals surface area contributed by atoms with Crippen LogP contribution in [0.15, 0.2) is 28.2 Å². The molecule has 0 aliphatic carbocycles. The normalized spacial score (nSPS) is 11.5. The summed E-state index contributed by atoms with van der Waals surface area (Å²) in [5, 5.41) is 0.710. The van der Waals surface area contributed by atoms with Gasteiger partial charge in [0.1, 0.15) is 11.6 Å². The minimum Gasteiger partial charge on any atom is -0.301 e. The van der Waals surface area contributed by atoms with Gasteiger partial charge in [0.15, 0.2) is 5.16 Å². The van der Waals surface area contributed by atoms with E-state index in [-0.39, 0.29) is 28.7 Å². The lowest BCUT2D eigenvalue weighted by Gasteiger charge is -2.14. The Morgan fingerprint density at radius 2 is 1.78 bits per heavy atom. The van der Waals surface area contributed by atoms with Crippen molar-refractivity contribution in [3.63, 3.8) is 0 Å². The van der Waals surface area contributed by atoms with Crippen molar-refractivity contribution >= 4 is 11.8 Å². The minimum absolute atomic E-state index is 0.0401. The third-order valence-electron chi connectivity index (χ3n) is 3.34. The zero-order valence-electron chi connectivity index (χ0n) is 13.6. The Hall–Kier alpha value is -1.69. The summed E-state index contributed by atoms with van der Waals surface area (Å²) in [5.41, 5.74) is 0.592. The second kappa shape index (κ2) is 7.25. The van der Waals surface area contributed by atoms with Crippen LogP contribution in [0.3, 0.4) is 0 Å². The molecule has 124 valence electrons. The smallest absolute Gasteiger partial charge is 0.255 e. The van der Waals surface area contributed by atoms with E-state index in [1.165, 1.54) is 30.0 Å². The van der Waals surface area contributed by atoms with E-state index >= 15 is 0 Å². The number of nitrogens with one attached hydrogen (secondary N) is 1. The number of hydrogen-bond acceptors (Lipinski definition) is 3. The van der Waals surface area contributed by atoms with Crippen LogP contribution in [0.1, 0.15) is 50.4 Å². The third kappa shape index (κ3) is 4.19. The number of aromatic amines is 1. The highest BCUT2D eigenvalue weighted by atomic mass is 32.2. The van der Waals surface area contributed by atoms with Crippen molar-refractivity contribution in [3.05, 3.63) is 57.0 Å². The van der Waals surface area contributed by atoms with Crippen molar-refractivity contribution in [2.45, 2.75) is 50.4 Å². The van der Waals surface area contributed by atoms with Gasteiger partial charge in [-0.25, -0.2) is 13.8 Å². The number of hydrogen-bond donors (Lipinski definition) is 1. The molecule has 1 N–H and O–H groups in total. The summed E-state index contributed by atoms with van der Waals surface area (Å²) in [4.78, 5) is 19.5. The maximum atomic E-state index is 13.9. The summed E-state index contributed by atoms with van der Waals surface area (Å²) in [6.07, 6.45) is -0.0401. The van der Waals surface area contributed by atoms with Crippen molar-refractivity contribution in [1.82, 2.24) is 9.97 Å². The number of aromatic nitrogens is 2. The van der Waals surface area contributed by atoms with Gasteiger partial charge in [0.2, 0.25) is 0 Å². The lowest BCUT2D eigenvalue weighted by Crippen LogP contribution is -2.21. The average molecular weight is 338 g/mol. The number of nitrogens with zero attached hydrogens (tertiary/aromatic N) is 1. The second-order valence-corrected chi connectivity index (χ2v) is 7.49. The van der Waals surface area contributed by atoms with Crippen LogP contribution in [0.5, 0.6) is 0 Å². The molecule has 0 spiro atoms. The highest BCUT2D eigenvalue weighted by Crippen LogP contribution is 2.24. The molecule has 0 unspecified atom stereocenters. The summed E-state index contributed by atoms with van der Waals surface area (Å²) in [6.45, 7) is 7.69. The predicted molar refractivity (Wildman–Crippen MR) is 89.1 cm³/mol. The Kier molecular flexibility index (Phi) is 5.57. The van der Waals surface area contributed by atoms with E-state index in [0.717, 1.165) is 0 Å². The van der Waals surface area contributed by atoms with E-state index in [4.69, 9.17) is 0 Å². The van der Waals surface area contributed by atoms with Crippen molar-refractivity contribution in [2.24, 2.45) is 0 Å². The molecule has 1 heterocycles. The van der Waals surface area contributed by atoms with Gasteiger partial charge in [0, 0.05) is 22.8 Å². The first-order valence-corrected chi connectivity index (χ1v) is 8.40. The van der Waals surface area contributed by atoms with E-state index in [2.05, 4.69) is 9.97 Å². The lowest BCUT2D eigenvalue weighted by atomic mass is 9.98. The number of benzene rings is 1. The van der Waals surface area contributed by atoms with Crippen LogP contribution < -0.4 is 5.56 Å². The van der Waals surface area contributed by atoms with E-state index in [0.29, 0.717) is 16.4 Å². The lowest BCUT2D eigenvalue weighted by molar-refractivity contribution is 0.558. The number of thioether (sulfide) groups is 1. The quantitative estimate of drug-likeness (QED) is 0.654. The van der Waals surface area contributed by atoms with Gasteiger partial charge in [-0.05, 0) is 18.1 Å². The van der Waals surface area contributed by atoms with E-state index in [9.17, 15) is 13.6 Å². The first-order chi connectivity index (χ1) is 10.8. The van der Waals surface area contributed by atoms with Gasteiger partial charge in [0.05, 0.1) is 5.69 Å². The fourth-order valence-corrected chi connectivity index (χ4v) is 3.15. The molecule has 23 heavy (non-hydrogen) atoms. The van der Waals surface area contributed by atoms with Crippen LogP contribution in [0.25, 0.3) is 0 Å². The molecule has 0 saturated heterocycles. The Balaban J connectivity index is 2.54. The van der Waals surface area contributed by atoms with Gasteiger partial charge < -0.3 is 4.98 Å². The topological polar surface area (TPSA) is 45.8 Å². The summed E-state index contributed by atoms with van der Waals surface area (Å²) in [6, 6.07) is 3.75. The monoisotopic (exact) mass is 338 g/mol. The fraction of sp³-hybridized carbons (Fsp3) is 0.412. The van der Waals surface area contributed by atoms with Gasteiger partial charge in [-0.1, -0.05) is 45.5 Å². The zero-order chi connectivity index (χ0) is 17.1. The van der Waals surface area contributed by atoms with E-state index in [1.54, 1.807) is 0 Å². The molecule has 0 saturated carbocycles. The first kappa shape index (κ1) is 17.7. The highest BCUT2D eigenvalue weighted by Gasteiger charge is 2.19. The van der Waals surface area contributed by atoms with Crippen LogP contribution >= 0.6 is 11.8 Å². The molecule has 0 atom stereocenters. The summed E-state index contributed by atoms with van der Waals surface area (Å²) >= 11 is 1.41. The summed E-state index contributed by atoms with van der Waals surface area (Å²) in [7, 11) is 0. The van der Waals surface area contributed by atoms with E-state index in [1.807, 2.05) is 27.7 Å². The summed E-state index contributed by atoms with van der Waals surface area (Å²) in [5.74, 6) is -1.34. The molecule has 0 bridgehead atoms. The summed E-state index contributed by atoms with van der Waals surface area (Å²) < 4.78 is 27.8. The molecule has 0 fully saturated rings. The Morgan fingerprint density at radius 3 is 2.30 bits per heavy atom. The number of H-pyrrole nitrogens is 1. The average Bonchev–Trinajstić information content (AvgIpc) is 2.41. The van der Waals surface area contributed by atoms with E-state index < -0.39 is 11.6 Å². The molecule has 3 nitrogen and oxygen atoms in total. The standard InChI is InChI=1S/C17H20F2N2OS/c1-9(2)15-14(8-11-12(18)6-5-7-13(11)19)20-17(21-16(15)22)23-10(3)4/h5-7,9-10H,8H2,1-4H3,(H,20,21,22). The molecule has 0 radical (unpaired) electrons. The molecular weight excluding hydrogens is 318 g/mol. The predicted octanol–water partition coefficient (Wildman–Crippen LogP) is 4.26. The van der Waals surface area contributed by atoms with Gasteiger partial charge in [-0.15, -0.1) is 0 Å². The van der Waals surface area contributed by atoms with Crippen LogP contribution in [-0.2, 0) is 6.42 Å². The van der Waals surface area contributed by atoms with Crippen LogP contribution in [0.2, 0.25) is 0 Å². The molecule has 0 aliphatic heterocycles. The molecule has 0 aliphatic rings.